The average Bonchev–Trinajstić information content (AvgIpc) is 3.79. The van der Waals surface area contributed by atoms with Crippen molar-refractivity contribution in [3.05, 3.63) is 114 Å². The molecule has 2 aromatic heterocycles. The Hall–Kier alpha value is -5.00. The van der Waals surface area contributed by atoms with E-state index in [1.807, 2.05) is 71.2 Å². The van der Waals surface area contributed by atoms with Gasteiger partial charge >= 0.3 is 0 Å². The third kappa shape index (κ3) is 10.3. The number of rotatable bonds is 17. The maximum Gasteiger partial charge on any atom is 0.251 e. The molecule has 0 aliphatic carbocycles. The number of nitrogens with zero attached hydrogens (tertiary/aromatic N) is 5. The van der Waals surface area contributed by atoms with Gasteiger partial charge in [0.15, 0.2) is 0 Å². The fourth-order valence-electron chi connectivity index (χ4n) is 6.44. The van der Waals surface area contributed by atoms with Crippen molar-refractivity contribution in [2.75, 3.05) is 36.6 Å². The molecule has 53 heavy (non-hydrogen) atoms. The molecule has 0 unspecified atom stereocenters. The molecule has 1 N–H and O–H groups in total. The predicted octanol–water partition coefficient (Wildman–Crippen LogP) is 8.02. The van der Waals surface area contributed by atoms with E-state index in [9.17, 15) is 9.00 Å². The smallest absolute Gasteiger partial charge is 0.251 e. The largest absolute Gasteiger partial charge is 0.491 e. The second-order valence-electron chi connectivity index (χ2n) is 13.4. The van der Waals surface area contributed by atoms with Gasteiger partial charge in [0.05, 0.1) is 41.4 Å². The van der Waals surface area contributed by atoms with Gasteiger partial charge in [-0.2, -0.15) is 5.10 Å². The molecule has 1 aliphatic rings. The highest BCUT2D eigenvalue weighted by Gasteiger charge is 2.20. The van der Waals surface area contributed by atoms with Gasteiger partial charge in [-0.05, 0) is 97.0 Å². The molecule has 5 aromatic rings. The van der Waals surface area contributed by atoms with Gasteiger partial charge in [-0.1, -0.05) is 38.5 Å². The van der Waals surface area contributed by atoms with Gasteiger partial charge in [0.2, 0.25) is 0 Å². The number of ether oxygens (including phenoxy) is 2. The number of hydrogen-bond acceptors (Lipinski definition) is 7. The van der Waals surface area contributed by atoms with Crippen molar-refractivity contribution in [2.45, 2.75) is 69.7 Å². The number of aryl methyl sites for hydroxylation is 2. The lowest BCUT2D eigenvalue weighted by Crippen LogP contribution is -2.26. The first-order valence-corrected chi connectivity index (χ1v) is 19.9. The van der Waals surface area contributed by atoms with Gasteiger partial charge in [-0.3, -0.25) is 13.7 Å². The summed E-state index contributed by atoms with van der Waals surface area (Å²) in [5.41, 5.74) is 7.62. The monoisotopic (exact) mass is 734 g/mol. The second-order valence-corrected chi connectivity index (χ2v) is 14.8. The number of imidazole rings is 1. The fourth-order valence-corrected chi connectivity index (χ4v) is 7.55. The Bertz CT molecular complexity index is 2000. The minimum Gasteiger partial charge on any atom is -0.491 e. The number of hydrogen-bond donors (Lipinski definition) is 1. The predicted molar refractivity (Wildman–Crippen MR) is 212 cm³/mol. The minimum atomic E-state index is -1.23. The topological polar surface area (TPSA) is 104 Å². The first-order chi connectivity index (χ1) is 25.9. The Morgan fingerprint density at radius 1 is 0.943 bits per heavy atom. The summed E-state index contributed by atoms with van der Waals surface area (Å²) < 4.78 is 28.6. The summed E-state index contributed by atoms with van der Waals surface area (Å²) in [4.78, 5) is 21.1. The molecule has 3 aromatic carbocycles. The molecule has 1 aliphatic heterocycles. The van der Waals surface area contributed by atoms with E-state index in [1.54, 1.807) is 12.5 Å². The van der Waals surface area contributed by atoms with E-state index in [0.29, 0.717) is 41.5 Å². The Morgan fingerprint density at radius 3 is 2.51 bits per heavy atom. The molecule has 6 rings (SSSR count). The summed E-state index contributed by atoms with van der Waals surface area (Å²) in [5.74, 6) is 1.06. The Labute approximate surface area is 315 Å². The van der Waals surface area contributed by atoms with Gasteiger partial charge < -0.3 is 24.3 Å². The van der Waals surface area contributed by atoms with Gasteiger partial charge in [-0.25, -0.2) is 4.98 Å². The van der Waals surface area contributed by atoms with E-state index in [1.165, 1.54) is 0 Å². The lowest BCUT2D eigenvalue weighted by Gasteiger charge is -2.29. The van der Waals surface area contributed by atoms with Crippen molar-refractivity contribution in [3.8, 4) is 16.9 Å². The number of amides is 1. The first-order valence-electron chi connectivity index (χ1n) is 18.6. The maximum atomic E-state index is 13.8. The van der Waals surface area contributed by atoms with E-state index in [2.05, 4.69) is 64.5 Å². The molecule has 0 radical (unpaired) electrons. The standard InChI is InChI=1S/C42H50N6O4S/c1-4-6-21-51-22-23-52-39-14-9-33(10-15-39)34-11-18-41-36(24-34)25-35(8-7-20-47(41)29-32-26-44-46(3)28-32)42(49)45-37-12-16-40(17-13-37)53(50)30-38-27-43-31-48(38)19-5-2/h9-18,24-28,31H,4-8,19-23,29-30H2,1-3H3,(H,45,49)/t53-/m0/s1. The molecule has 278 valence electrons. The maximum absolute atomic E-state index is 13.8. The number of aromatic nitrogens is 4. The zero-order valence-corrected chi connectivity index (χ0v) is 31.8. The van der Waals surface area contributed by atoms with Crippen LogP contribution in [0.15, 0.2) is 102 Å². The molecule has 10 nitrogen and oxygen atoms in total. The van der Waals surface area contributed by atoms with Crippen LogP contribution in [0.5, 0.6) is 5.75 Å². The molecule has 11 heteroatoms. The normalized spacial score (nSPS) is 13.5. The number of carbonyl (C=O) groups is 1. The summed E-state index contributed by atoms with van der Waals surface area (Å²) in [7, 11) is 0.703. The van der Waals surface area contributed by atoms with E-state index in [-0.39, 0.29) is 5.91 Å². The SMILES string of the molecule is CCCCOCCOc1ccc(-c2ccc3c(c2)C=C(C(=O)Nc2ccc([S@@](=O)Cc4cncn4CCC)cc2)CCCN3Cc2cnn(C)c2)cc1. The Balaban J connectivity index is 1.19. The highest BCUT2D eigenvalue weighted by molar-refractivity contribution is 7.84. The zero-order chi connectivity index (χ0) is 37.0. The summed E-state index contributed by atoms with van der Waals surface area (Å²) in [5, 5.41) is 7.48. The number of nitrogens with one attached hydrogen (secondary N) is 1. The minimum absolute atomic E-state index is 0.139. The fraction of sp³-hybridized carbons (Fsp3) is 0.357. The van der Waals surface area contributed by atoms with Gasteiger partial charge in [0.1, 0.15) is 12.4 Å². The van der Waals surface area contributed by atoms with Crippen molar-refractivity contribution in [2.24, 2.45) is 7.05 Å². The van der Waals surface area contributed by atoms with E-state index < -0.39 is 10.8 Å². The van der Waals surface area contributed by atoms with Crippen LogP contribution in [0.25, 0.3) is 17.2 Å². The average molecular weight is 735 g/mol. The zero-order valence-electron chi connectivity index (χ0n) is 31.0. The Morgan fingerprint density at radius 2 is 1.75 bits per heavy atom. The number of fused-ring (bicyclic) bond motifs is 1. The molecule has 0 spiro atoms. The lowest BCUT2D eigenvalue weighted by molar-refractivity contribution is -0.112. The molecule has 1 atom stereocenters. The van der Waals surface area contributed by atoms with Crippen molar-refractivity contribution in [3.63, 3.8) is 0 Å². The van der Waals surface area contributed by atoms with Crippen LogP contribution < -0.4 is 15.0 Å². The molecule has 1 amide bonds. The molecular formula is C42H50N6O4S. The number of carbonyl (C=O) groups excluding carboxylic acids is 1. The van der Waals surface area contributed by atoms with Crippen LogP contribution >= 0.6 is 0 Å². The Kier molecular flexibility index (Phi) is 13.3. The van der Waals surface area contributed by atoms with Crippen molar-refractivity contribution < 1.29 is 18.5 Å². The van der Waals surface area contributed by atoms with Crippen molar-refractivity contribution in [1.29, 1.82) is 0 Å². The highest BCUT2D eigenvalue weighted by Crippen LogP contribution is 2.34. The number of benzene rings is 3. The van der Waals surface area contributed by atoms with E-state index >= 15 is 0 Å². The van der Waals surface area contributed by atoms with Crippen molar-refractivity contribution in [1.82, 2.24) is 19.3 Å². The third-order valence-electron chi connectivity index (χ3n) is 9.24. The summed E-state index contributed by atoms with van der Waals surface area (Å²) >= 11 is 0. The molecule has 0 fully saturated rings. The van der Waals surface area contributed by atoms with Crippen molar-refractivity contribution >= 4 is 34.2 Å². The molecule has 0 saturated heterocycles. The van der Waals surface area contributed by atoms with Crippen LogP contribution in [0, 0.1) is 0 Å². The molecule has 0 saturated carbocycles. The first kappa shape index (κ1) is 37.7. The third-order valence-corrected chi connectivity index (χ3v) is 10.6. The summed E-state index contributed by atoms with van der Waals surface area (Å²) in [6, 6.07) is 21.9. The molecule has 0 bridgehead atoms. The van der Waals surface area contributed by atoms with Gasteiger partial charge in [-0.15, -0.1) is 0 Å². The van der Waals surface area contributed by atoms with Gasteiger partial charge in [0.25, 0.3) is 5.91 Å². The van der Waals surface area contributed by atoms with Crippen LogP contribution in [0.2, 0.25) is 0 Å². The van der Waals surface area contributed by atoms with Crippen LogP contribution in [0.3, 0.4) is 0 Å². The molecular weight excluding hydrogens is 685 g/mol. The summed E-state index contributed by atoms with van der Waals surface area (Å²) in [6.07, 6.45) is 14.2. The van der Waals surface area contributed by atoms with Crippen LogP contribution in [-0.2, 0) is 46.2 Å². The van der Waals surface area contributed by atoms with Crippen LogP contribution in [0.1, 0.15) is 62.8 Å². The second kappa shape index (κ2) is 18.7. The molecule has 3 heterocycles. The highest BCUT2D eigenvalue weighted by atomic mass is 32.2. The van der Waals surface area contributed by atoms with Crippen LogP contribution in [-0.4, -0.2) is 55.8 Å². The van der Waals surface area contributed by atoms with E-state index in [4.69, 9.17) is 9.47 Å². The van der Waals surface area contributed by atoms with Gasteiger partial charge in [0, 0.05) is 73.1 Å². The quantitative estimate of drug-likeness (QED) is 0.0966. The summed E-state index contributed by atoms with van der Waals surface area (Å²) in [6.45, 7) is 8.47. The van der Waals surface area contributed by atoms with E-state index in [0.717, 1.165) is 91.3 Å². The van der Waals surface area contributed by atoms with Crippen LogP contribution in [0.4, 0.5) is 11.4 Å². The lowest BCUT2D eigenvalue weighted by atomic mass is 9.96. The number of anilines is 2. The number of unbranched alkanes of at least 4 members (excludes halogenated alkanes) is 1.